The Morgan fingerprint density at radius 2 is 1.97 bits per heavy atom. The highest BCUT2D eigenvalue weighted by molar-refractivity contribution is 6.31. The second kappa shape index (κ2) is 8.97. The summed E-state index contributed by atoms with van der Waals surface area (Å²) in [4.78, 5) is 17.1. The van der Waals surface area contributed by atoms with Crippen LogP contribution in [0, 0.1) is 23.2 Å². The fourth-order valence-electron chi connectivity index (χ4n) is 4.63. The SMILES string of the molecule is N#Cc1ccc(O[C@H]2CC[C@H](CCC3CCc4ncccc4C3=O)CC2)cc1Cl. The minimum Gasteiger partial charge on any atom is -0.490 e. The molecule has 2 aromatic rings. The maximum absolute atomic E-state index is 12.7. The molecule has 1 aromatic carbocycles. The van der Waals surface area contributed by atoms with Crippen molar-refractivity contribution in [3.8, 4) is 11.8 Å². The Morgan fingerprint density at radius 1 is 1.14 bits per heavy atom. The standard InChI is InChI=1S/C24H25ClN2O2/c25-22-14-20(11-7-18(22)15-26)29-19-9-4-16(5-10-19)3-6-17-8-12-23-21(24(17)28)2-1-13-27-23/h1-2,7,11,13-14,16-17,19H,3-6,8-10,12H2/t16-,17?,19-. The molecular formula is C24H25ClN2O2. The van der Waals surface area contributed by atoms with E-state index in [1.54, 1.807) is 18.3 Å². The van der Waals surface area contributed by atoms with Crippen LogP contribution in [0.4, 0.5) is 0 Å². The van der Waals surface area contributed by atoms with Gasteiger partial charge in [0.2, 0.25) is 0 Å². The first-order valence-corrected chi connectivity index (χ1v) is 10.9. The van der Waals surface area contributed by atoms with Gasteiger partial charge >= 0.3 is 0 Å². The molecule has 2 aliphatic carbocycles. The third-order valence-corrected chi connectivity index (χ3v) is 6.65. The van der Waals surface area contributed by atoms with Gasteiger partial charge in [-0.2, -0.15) is 5.26 Å². The molecule has 1 aromatic heterocycles. The average molecular weight is 409 g/mol. The number of carbonyl (C=O) groups is 1. The highest BCUT2D eigenvalue weighted by Gasteiger charge is 2.29. The molecule has 0 bridgehead atoms. The number of hydrogen-bond donors (Lipinski definition) is 0. The largest absolute Gasteiger partial charge is 0.490 e. The molecule has 0 amide bonds. The first-order chi connectivity index (χ1) is 14.1. The van der Waals surface area contributed by atoms with Crippen LogP contribution in [0.1, 0.15) is 66.6 Å². The van der Waals surface area contributed by atoms with Crippen molar-refractivity contribution in [3.05, 3.63) is 58.4 Å². The number of ketones is 1. The van der Waals surface area contributed by atoms with Crippen LogP contribution in [-0.2, 0) is 6.42 Å². The molecule has 5 heteroatoms. The van der Waals surface area contributed by atoms with Crippen LogP contribution >= 0.6 is 11.6 Å². The minimum absolute atomic E-state index is 0.154. The number of hydrogen-bond acceptors (Lipinski definition) is 4. The van der Waals surface area contributed by atoms with E-state index in [0.717, 1.165) is 68.4 Å². The molecule has 0 aliphatic heterocycles. The lowest BCUT2D eigenvalue weighted by Gasteiger charge is -2.30. The van der Waals surface area contributed by atoms with Crippen molar-refractivity contribution in [2.45, 2.75) is 57.5 Å². The van der Waals surface area contributed by atoms with E-state index < -0.39 is 0 Å². The molecule has 4 rings (SSSR count). The summed E-state index contributed by atoms with van der Waals surface area (Å²) in [6, 6.07) is 11.1. The maximum atomic E-state index is 12.7. The molecule has 29 heavy (non-hydrogen) atoms. The summed E-state index contributed by atoms with van der Waals surface area (Å²) in [5.41, 5.74) is 2.27. The van der Waals surface area contributed by atoms with Gasteiger partial charge in [0.15, 0.2) is 5.78 Å². The zero-order valence-corrected chi connectivity index (χ0v) is 17.2. The summed E-state index contributed by atoms with van der Waals surface area (Å²) < 4.78 is 6.08. The summed E-state index contributed by atoms with van der Waals surface area (Å²) in [6.45, 7) is 0. The third kappa shape index (κ3) is 4.62. The Balaban J connectivity index is 1.24. The van der Waals surface area contributed by atoms with E-state index in [0.29, 0.717) is 16.5 Å². The number of aromatic nitrogens is 1. The van der Waals surface area contributed by atoms with E-state index in [4.69, 9.17) is 21.6 Å². The summed E-state index contributed by atoms with van der Waals surface area (Å²) in [5.74, 6) is 1.84. The monoisotopic (exact) mass is 408 g/mol. The van der Waals surface area contributed by atoms with Gasteiger partial charge in [-0.05, 0) is 81.5 Å². The van der Waals surface area contributed by atoms with Gasteiger partial charge in [0, 0.05) is 23.7 Å². The Bertz CT molecular complexity index is 929. The second-order valence-corrected chi connectivity index (χ2v) is 8.60. The van der Waals surface area contributed by atoms with Crippen LogP contribution in [0.3, 0.4) is 0 Å². The van der Waals surface area contributed by atoms with Crippen molar-refractivity contribution >= 4 is 17.4 Å². The van der Waals surface area contributed by atoms with Crippen molar-refractivity contribution in [1.29, 1.82) is 5.26 Å². The lowest BCUT2D eigenvalue weighted by molar-refractivity contribution is 0.0874. The molecule has 1 fully saturated rings. The van der Waals surface area contributed by atoms with Gasteiger partial charge in [-0.3, -0.25) is 9.78 Å². The number of fused-ring (bicyclic) bond motifs is 1. The van der Waals surface area contributed by atoms with E-state index in [2.05, 4.69) is 11.1 Å². The number of nitrogens with zero attached hydrogens (tertiary/aromatic N) is 2. The number of aryl methyl sites for hydroxylation is 1. The highest BCUT2D eigenvalue weighted by atomic mass is 35.5. The van der Waals surface area contributed by atoms with Crippen molar-refractivity contribution < 1.29 is 9.53 Å². The van der Waals surface area contributed by atoms with Crippen LogP contribution < -0.4 is 4.74 Å². The number of pyridine rings is 1. The van der Waals surface area contributed by atoms with Gasteiger partial charge in [-0.1, -0.05) is 11.6 Å². The molecule has 1 heterocycles. The van der Waals surface area contributed by atoms with E-state index in [-0.39, 0.29) is 17.8 Å². The van der Waals surface area contributed by atoms with Crippen LogP contribution in [0.25, 0.3) is 0 Å². The summed E-state index contributed by atoms with van der Waals surface area (Å²) >= 11 is 6.09. The number of rotatable bonds is 5. The molecule has 2 aliphatic rings. The normalized spacial score (nSPS) is 23.9. The van der Waals surface area contributed by atoms with Crippen LogP contribution in [0.15, 0.2) is 36.5 Å². The first kappa shape index (κ1) is 19.9. The highest BCUT2D eigenvalue weighted by Crippen LogP contribution is 2.34. The topological polar surface area (TPSA) is 63.0 Å². The van der Waals surface area contributed by atoms with E-state index in [1.807, 2.05) is 18.2 Å². The van der Waals surface area contributed by atoms with Crippen LogP contribution in [0.2, 0.25) is 5.02 Å². The lowest BCUT2D eigenvalue weighted by Crippen LogP contribution is -2.26. The van der Waals surface area contributed by atoms with Gasteiger partial charge in [0.05, 0.1) is 22.4 Å². The molecule has 1 unspecified atom stereocenters. The van der Waals surface area contributed by atoms with E-state index >= 15 is 0 Å². The third-order valence-electron chi connectivity index (χ3n) is 6.34. The Kier molecular flexibility index (Phi) is 6.16. The van der Waals surface area contributed by atoms with Gasteiger partial charge in [0.25, 0.3) is 0 Å². The average Bonchev–Trinajstić information content (AvgIpc) is 2.75. The van der Waals surface area contributed by atoms with Crippen molar-refractivity contribution in [3.63, 3.8) is 0 Å². The summed E-state index contributed by atoms with van der Waals surface area (Å²) in [7, 11) is 0. The fourth-order valence-corrected chi connectivity index (χ4v) is 4.84. The zero-order valence-electron chi connectivity index (χ0n) is 16.4. The quantitative estimate of drug-likeness (QED) is 0.629. The zero-order chi connectivity index (χ0) is 20.2. The van der Waals surface area contributed by atoms with E-state index in [9.17, 15) is 4.79 Å². The number of Topliss-reactive ketones (excluding diaryl/α,β-unsaturated/α-hetero) is 1. The van der Waals surface area contributed by atoms with Crippen LogP contribution in [0.5, 0.6) is 5.75 Å². The molecule has 0 spiro atoms. The van der Waals surface area contributed by atoms with E-state index in [1.165, 1.54) is 0 Å². The van der Waals surface area contributed by atoms with Gasteiger partial charge in [0.1, 0.15) is 11.8 Å². The molecule has 1 atom stereocenters. The van der Waals surface area contributed by atoms with Gasteiger partial charge < -0.3 is 4.74 Å². The van der Waals surface area contributed by atoms with Crippen molar-refractivity contribution in [2.75, 3.05) is 0 Å². The lowest BCUT2D eigenvalue weighted by atomic mass is 9.78. The predicted octanol–water partition coefficient (Wildman–Crippen LogP) is 5.77. The molecule has 150 valence electrons. The minimum atomic E-state index is 0.154. The van der Waals surface area contributed by atoms with Crippen molar-refractivity contribution in [2.24, 2.45) is 11.8 Å². The number of ether oxygens (including phenoxy) is 1. The first-order valence-electron chi connectivity index (χ1n) is 10.5. The van der Waals surface area contributed by atoms with Gasteiger partial charge in [-0.25, -0.2) is 0 Å². The fraction of sp³-hybridized carbons (Fsp3) is 0.458. The number of halogens is 1. The molecule has 1 saturated carbocycles. The number of carbonyl (C=O) groups excluding carboxylic acids is 1. The Labute approximate surface area is 176 Å². The molecule has 0 saturated heterocycles. The molecule has 4 nitrogen and oxygen atoms in total. The molecule has 0 radical (unpaired) electrons. The van der Waals surface area contributed by atoms with Gasteiger partial charge in [-0.15, -0.1) is 0 Å². The predicted molar refractivity (Wildman–Crippen MR) is 112 cm³/mol. The number of nitriles is 1. The van der Waals surface area contributed by atoms with Crippen molar-refractivity contribution in [1.82, 2.24) is 4.98 Å². The van der Waals surface area contributed by atoms with Crippen LogP contribution in [-0.4, -0.2) is 16.9 Å². The number of benzene rings is 1. The smallest absolute Gasteiger partial charge is 0.167 e. The Morgan fingerprint density at radius 3 is 2.72 bits per heavy atom. The summed E-state index contributed by atoms with van der Waals surface area (Å²) in [5, 5.41) is 9.41. The molecular weight excluding hydrogens is 384 g/mol. The Hall–Kier alpha value is -2.38. The summed E-state index contributed by atoms with van der Waals surface area (Å²) in [6.07, 6.45) is 10.2. The maximum Gasteiger partial charge on any atom is 0.167 e. The molecule has 0 N–H and O–H groups in total. The second-order valence-electron chi connectivity index (χ2n) is 8.19.